The summed E-state index contributed by atoms with van der Waals surface area (Å²) in [6, 6.07) is 8.69. The summed E-state index contributed by atoms with van der Waals surface area (Å²) in [4.78, 5) is 0. The van der Waals surface area contributed by atoms with Gasteiger partial charge in [0.05, 0.1) is 0 Å². The molecule has 0 heterocycles. The zero-order valence-electron chi connectivity index (χ0n) is 12.5. The predicted molar refractivity (Wildman–Crippen MR) is 92.8 cm³/mol. The first-order chi connectivity index (χ1) is 10.4. The van der Waals surface area contributed by atoms with Crippen molar-refractivity contribution >= 4 is 11.1 Å². The second-order valence-electron chi connectivity index (χ2n) is 5.27. The molecular formula is C21H20. The quantitative estimate of drug-likeness (QED) is 0.590. The van der Waals surface area contributed by atoms with E-state index in [0.717, 1.165) is 12.8 Å². The first kappa shape index (κ1) is 13.6. The van der Waals surface area contributed by atoms with Crippen molar-refractivity contribution in [1.29, 1.82) is 0 Å². The Kier molecular flexibility index (Phi) is 3.87. The molecule has 0 saturated carbocycles. The summed E-state index contributed by atoms with van der Waals surface area (Å²) in [7, 11) is 0. The van der Waals surface area contributed by atoms with E-state index in [0.29, 0.717) is 0 Å². The molecule has 0 amide bonds. The van der Waals surface area contributed by atoms with Crippen molar-refractivity contribution in [1.82, 2.24) is 0 Å². The van der Waals surface area contributed by atoms with Crippen LogP contribution in [0.15, 0.2) is 84.5 Å². The van der Waals surface area contributed by atoms with E-state index in [2.05, 4.69) is 68.1 Å². The average Bonchev–Trinajstić information content (AvgIpc) is 2.79. The van der Waals surface area contributed by atoms with E-state index in [1.54, 1.807) is 0 Å². The number of allylic oxidation sites excluding steroid dienone is 11. The largest absolute Gasteiger partial charge is 0.0991 e. The zero-order valence-corrected chi connectivity index (χ0v) is 12.5. The van der Waals surface area contributed by atoms with Gasteiger partial charge in [-0.05, 0) is 53.2 Å². The Labute approximate surface area is 127 Å². The summed E-state index contributed by atoms with van der Waals surface area (Å²) >= 11 is 0. The fourth-order valence-electron chi connectivity index (χ4n) is 3.09. The van der Waals surface area contributed by atoms with Crippen LogP contribution < -0.4 is 0 Å². The highest BCUT2D eigenvalue weighted by atomic mass is 14.3. The van der Waals surface area contributed by atoms with Gasteiger partial charge in [0.2, 0.25) is 0 Å². The van der Waals surface area contributed by atoms with Crippen molar-refractivity contribution in [3.05, 3.63) is 95.6 Å². The molecule has 0 spiro atoms. The molecule has 0 aliphatic heterocycles. The maximum Gasteiger partial charge on any atom is -0.00330 e. The molecule has 0 bridgehead atoms. The van der Waals surface area contributed by atoms with Gasteiger partial charge in [0.25, 0.3) is 0 Å². The molecule has 104 valence electrons. The van der Waals surface area contributed by atoms with E-state index in [-0.39, 0.29) is 0 Å². The Morgan fingerprint density at radius 3 is 2.67 bits per heavy atom. The summed E-state index contributed by atoms with van der Waals surface area (Å²) in [5, 5.41) is 0. The molecule has 0 aromatic heterocycles. The van der Waals surface area contributed by atoms with E-state index in [4.69, 9.17) is 0 Å². The lowest BCUT2D eigenvalue weighted by molar-refractivity contribution is 1.05. The van der Waals surface area contributed by atoms with Crippen LogP contribution in [0.4, 0.5) is 0 Å². The molecule has 0 N–H and O–H groups in total. The Balaban J connectivity index is 2.30. The van der Waals surface area contributed by atoms with Crippen molar-refractivity contribution in [3.63, 3.8) is 0 Å². The third-order valence-corrected chi connectivity index (χ3v) is 4.02. The summed E-state index contributed by atoms with van der Waals surface area (Å²) < 4.78 is 0. The van der Waals surface area contributed by atoms with Gasteiger partial charge >= 0.3 is 0 Å². The van der Waals surface area contributed by atoms with Crippen LogP contribution in [0.2, 0.25) is 0 Å². The molecule has 21 heavy (non-hydrogen) atoms. The molecule has 3 rings (SSSR count). The third kappa shape index (κ3) is 2.38. The second kappa shape index (κ2) is 5.97. The Morgan fingerprint density at radius 2 is 1.90 bits per heavy atom. The SMILES string of the molecule is C=C/C=C\C1=C2C(=C\C)/C=C\CC/C=C\2c2ccccc21. The molecule has 2 aliphatic carbocycles. The number of hydrogen-bond acceptors (Lipinski definition) is 0. The van der Waals surface area contributed by atoms with Crippen molar-refractivity contribution < 1.29 is 0 Å². The van der Waals surface area contributed by atoms with Gasteiger partial charge in [-0.15, -0.1) is 0 Å². The molecule has 0 fully saturated rings. The van der Waals surface area contributed by atoms with Gasteiger partial charge in [0.1, 0.15) is 0 Å². The lowest BCUT2D eigenvalue weighted by Gasteiger charge is -2.12. The van der Waals surface area contributed by atoms with E-state index < -0.39 is 0 Å². The highest BCUT2D eigenvalue weighted by Crippen LogP contribution is 2.46. The van der Waals surface area contributed by atoms with Crippen molar-refractivity contribution in [2.24, 2.45) is 0 Å². The van der Waals surface area contributed by atoms with Crippen LogP contribution >= 0.6 is 0 Å². The summed E-state index contributed by atoms with van der Waals surface area (Å²) in [5.41, 5.74) is 8.02. The van der Waals surface area contributed by atoms with Crippen LogP contribution in [0.5, 0.6) is 0 Å². The second-order valence-corrected chi connectivity index (χ2v) is 5.27. The minimum Gasteiger partial charge on any atom is -0.0991 e. The molecule has 0 nitrogen and oxygen atoms in total. The van der Waals surface area contributed by atoms with Crippen LogP contribution in [0.25, 0.3) is 11.1 Å². The van der Waals surface area contributed by atoms with E-state index >= 15 is 0 Å². The monoisotopic (exact) mass is 272 g/mol. The number of fused-ring (bicyclic) bond motifs is 3. The van der Waals surface area contributed by atoms with Crippen LogP contribution in [0.3, 0.4) is 0 Å². The van der Waals surface area contributed by atoms with Crippen LogP contribution in [-0.4, -0.2) is 0 Å². The first-order valence-corrected chi connectivity index (χ1v) is 7.53. The summed E-state index contributed by atoms with van der Waals surface area (Å²) in [5.74, 6) is 0. The third-order valence-electron chi connectivity index (χ3n) is 4.02. The van der Waals surface area contributed by atoms with Crippen LogP contribution in [0, 0.1) is 0 Å². The van der Waals surface area contributed by atoms with Crippen LogP contribution in [0.1, 0.15) is 30.9 Å². The standard InChI is InChI=1S/C21H20/c1-3-5-12-19-17-13-9-10-14-18(17)20-15-8-6-7-11-16(4-2)21(19)20/h3-5,7,9-15H,1,6,8H2,2H3/b11-7-,12-5-,16-4-,20-15-. The molecule has 1 aromatic rings. The summed E-state index contributed by atoms with van der Waals surface area (Å²) in [6.45, 7) is 5.92. The maximum atomic E-state index is 3.80. The molecule has 0 atom stereocenters. The molecule has 2 aliphatic rings. The molecule has 0 heteroatoms. The van der Waals surface area contributed by atoms with Gasteiger partial charge in [0.15, 0.2) is 0 Å². The van der Waals surface area contributed by atoms with Crippen LogP contribution in [-0.2, 0) is 0 Å². The smallest absolute Gasteiger partial charge is 0.00330 e. The fraction of sp³-hybridized carbons (Fsp3) is 0.143. The molecule has 0 saturated heterocycles. The number of rotatable bonds is 2. The van der Waals surface area contributed by atoms with Gasteiger partial charge in [-0.1, -0.05) is 73.4 Å². The van der Waals surface area contributed by atoms with Crippen molar-refractivity contribution in [2.75, 3.05) is 0 Å². The molecule has 0 radical (unpaired) electrons. The molecule has 1 aromatic carbocycles. The topological polar surface area (TPSA) is 0 Å². The number of benzene rings is 1. The molecular weight excluding hydrogens is 252 g/mol. The normalized spacial score (nSPS) is 23.3. The first-order valence-electron chi connectivity index (χ1n) is 7.53. The van der Waals surface area contributed by atoms with Crippen molar-refractivity contribution in [2.45, 2.75) is 19.8 Å². The minimum atomic E-state index is 1.10. The zero-order chi connectivity index (χ0) is 14.7. The highest BCUT2D eigenvalue weighted by molar-refractivity contribution is 6.06. The minimum absolute atomic E-state index is 1.10. The predicted octanol–water partition coefficient (Wildman–Crippen LogP) is 5.88. The average molecular weight is 272 g/mol. The van der Waals surface area contributed by atoms with E-state index in [1.807, 2.05) is 12.2 Å². The fourth-order valence-corrected chi connectivity index (χ4v) is 3.09. The highest BCUT2D eigenvalue weighted by Gasteiger charge is 2.25. The van der Waals surface area contributed by atoms with Gasteiger partial charge in [-0.2, -0.15) is 0 Å². The number of hydrogen-bond donors (Lipinski definition) is 0. The van der Waals surface area contributed by atoms with E-state index in [9.17, 15) is 0 Å². The summed E-state index contributed by atoms with van der Waals surface area (Å²) in [6.07, 6.45) is 17.4. The Hall–Kier alpha value is -2.34. The van der Waals surface area contributed by atoms with Gasteiger partial charge < -0.3 is 0 Å². The van der Waals surface area contributed by atoms with Gasteiger partial charge in [-0.3, -0.25) is 0 Å². The lowest BCUT2D eigenvalue weighted by atomic mass is 9.92. The lowest BCUT2D eigenvalue weighted by Crippen LogP contribution is -1.91. The Morgan fingerprint density at radius 1 is 1.10 bits per heavy atom. The van der Waals surface area contributed by atoms with Gasteiger partial charge in [-0.25, -0.2) is 0 Å². The van der Waals surface area contributed by atoms with Gasteiger partial charge in [0, 0.05) is 0 Å². The van der Waals surface area contributed by atoms with E-state index in [1.165, 1.54) is 33.4 Å². The van der Waals surface area contributed by atoms with Crippen molar-refractivity contribution in [3.8, 4) is 0 Å². The Bertz CT molecular complexity index is 718. The molecule has 0 unspecified atom stereocenters. The maximum absolute atomic E-state index is 3.80.